The third-order valence-corrected chi connectivity index (χ3v) is 6.25. The predicted octanol–water partition coefficient (Wildman–Crippen LogP) is 3.85. The summed E-state index contributed by atoms with van der Waals surface area (Å²) in [6.07, 6.45) is 2.80. The van der Waals surface area contributed by atoms with E-state index in [2.05, 4.69) is 5.32 Å². The second kappa shape index (κ2) is 10.4. The number of halogens is 1. The topological polar surface area (TPSA) is 121 Å². The standard InChI is InChI=1S/C25H30ClN5O2/c26-21-14-22(30-20-5-2-6-20)25(32)31(23(21)18-3-1-4-19(27)13-18)11-12-33-15-16-7-9-17(10-8-16)24(28)29/h1,3-4,7-10,13-14,20,24,30H,2,5-6,11-12,15,27-29H2. The van der Waals surface area contributed by atoms with Gasteiger partial charge in [0.15, 0.2) is 0 Å². The number of nitrogens with two attached hydrogens (primary N) is 3. The summed E-state index contributed by atoms with van der Waals surface area (Å²) in [5.74, 6) is 0. The molecular weight excluding hydrogens is 438 g/mol. The van der Waals surface area contributed by atoms with Gasteiger partial charge in [-0.1, -0.05) is 48.0 Å². The molecule has 0 unspecified atom stereocenters. The van der Waals surface area contributed by atoms with Crippen molar-refractivity contribution in [1.29, 1.82) is 0 Å². The van der Waals surface area contributed by atoms with E-state index in [1.54, 1.807) is 16.7 Å². The summed E-state index contributed by atoms with van der Waals surface area (Å²) < 4.78 is 7.55. The SMILES string of the molecule is Nc1cccc(-c2c(Cl)cc(NC3CCC3)c(=O)n2CCOCc2ccc(C(N)N)cc2)c1. The minimum Gasteiger partial charge on any atom is -0.399 e. The van der Waals surface area contributed by atoms with E-state index in [0.717, 1.165) is 29.5 Å². The zero-order chi connectivity index (χ0) is 23.4. The number of hydrogen-bond donors (Lipinski definition) is 4. The highest BCUT2D eigenvalue weighted by Gasteiger charge is 2.21. The molecule has 8 heteroatoms. The Bertz CT molecular complexity index is 1160. The van der Waals surface area contributed by atoms with Crippen molar-refractivity contribution in [3.63, 3.8) is 0 Å². The van der Waals surface area contributed by atoms with Crippen LogP contribution in [-0.4, -0.2) is 17.2 Å². The highest BCUT2D eigenvalue weighted by atomic mass is 35.5. The molecule has 7 N–H and O–H groups in total. The first-order valence-electron chi connectivity index (χ1n) is 11.2. The molecule has 0 radical (unpaired) electrons. The molecule has 0 saturated heterocycles. The van der Waals surface area contributed by atoms with Crippen molar-refractivity contribution in [2.24, 2.45) is 11.5 Å². The zero-order valence-corrected chi connectivity index (χ0v) is 19.2. The first-order valence-corrected chi connectivity index (χ1v) is 11.5. The number of hydrogen-bond acceptors (Lipinski definition) is 6. The largest absolute Gasteiger partial charge is 0.399 e. The molecule has 1 aromatic heterocycles. The van der Waals surface area contributed by atoms with Gasteiger partial charge in [-0.3, -0.25) is 4.79 Å². The minimum absolute atomic E-state index is 0.117. The molecule has 0 amide bonds. The third-order valence-electron chi connectivity index (χ3n) is 5.96. The van der Waals surface area contributed by atoms with Gasteiger partial charge in [0.05, 0.1) is 30.1 Å². The van der Waals surface area contributed by atoms with Gasteiger partial charge in [-0.2, -0.15) is 0 Å². The van der Waals surface area contributed by atoms with Gasteiger partial charge in [-0.25, -0.2) is 0 Å². The second-order valence-corrected chi connectivity index (χ2v) is 8.84. The Hall–Kier alpha value is -2.84. The zero-order valence-electron chi connectivity index (χ0n) is 18.5. The van der Waals surface area contributed by atoms with E-state index in [0.29, 0.717) is 47.9 Å². The average molecular weight is 468 g/mol. The molecule has 0 aliphatic heterocycles. The maximum absolute atomic E-state index is 13.4. The average Bonchev–Trinajstić information content (AvgIpc) is 2.76. The molecule has 174 valence electrons. The monoisotopic (exact) mass is 467 g/mol. The Morgan fingerprint density at radius 3 is 2.52 bits per heavy atom. The molecule has 0 bridgehead atoms. The van der Waals surface area contributed by atoms with Crippen molar-refractivity contribution in [2.45, 2.75) is 44.6 Å². The maximum Gasteiger partial charge on any atom is 0.274 e. The summed E-state index contributed by atoms with van der Waals surface area (Å²) in [5.41, 5.74) is 21.7. The molecule has 1 heterocycles. The van der Waals surface area contributed by atoms with Gasteiger partial charge in [-0.15, -0.1) is 0 Å². The molecule has 7 nitrogen and oxygen atoms in total. The van der Waals surface area contributed by atoms with Crippen molar-refractivity contribution in [3.05, 3.63) is 81.1 Å². The van der Waals surface area contributed by atoms with Crippen LogP contribution >= 0.6 is 11.6 Å². The van der Waals surface area contributed by atoms with Crippen LogP contribution in [0, 0.1) is 0 Å². The lowest BCUT2D eigenvalue weighted by atomic mass is 9.93. The fraction of sp³-hybridized carbons (Fsp3) is 0.320. The van der Waals surface area contributed by atoms with Crippen molar-refractivity contribution in [3.8, 4) is 11.3 Å². The maximum atomic E-state index is 13.4. The van der Waals surface area contributed by atoms with E-state index in [1.165, 1.54) is 6.42 Å². The van der Waals surface area contributed by atoms with E-state index < -0.39 is 6.17 Å². The number of aromatic nitrogens is 1. The van der Waals surface area contributed by atoms with Gasteiger partial charge in [0, 0.05) is 23.8 Å². The molecule has 2 aromatic carbocycles. The Labute approximate surface area is 198 Å². The third kappa shape index (κ3) is 5.57. The molecule has 1 saturated carbocycles. The molecule has 33 heavy (non-hydrogen) atoms. The summed E-state index contributed by atoms with van der Waals surface area (Å²) in [4.78, 5) is 13.4. The highest BCUT2D eigenvalue weighted by Crippen LogP contribution is 2.31. The van der Waals surface area contributed by atoms with Crippen molar-refractivity contribution in [1.82, 2.24) is 4.57 Å². The lowest BCUT2D eigenvalue weighted by Gasteiger charge is -2.28. The number of rotatable bonds is 9. The van der Waals surface area contributed by atoms with E-state index in [4.69, 9.17) is 33.5 Å². The molecule has 1 fully saturated rings. The molecule has 0 spiro atoms. The molecule has 3 aromatic rings. The Kier molecular flexibility index (Phi) is 7.35. The first kappa shape index (κ1) is 23.3. The summed E-state index contributed by atoms with van der Waals surface area (Å²) in [5, 5.41) is 3.84. The van der Waals surface area contributed by atoms with Gasteiger partial charge in [0.25, 0.3) is 5.56 Å². The lowest BCUT2D eigenvalue weighted by Crippen LogP contribution is -2.33. The summed E-state index contributed by atoms with van der Waals surface area (Å²) in [7, 11) is 0. The van der Waals surface area contributed by atoms with Gasteiger partial charge < -0.3 is 31.8 Å². The molecule has 0 atom stereocenters. The van der Waals surface area contributed by atoms with Crippen LogP contribution in [0.3, 0.4) is 0 Å². The van der Waals surface area contributed by atoms with Crippen molar-refractivity contribution < 1.29 is 4.74 Å². The fourth-order valence-corrected chi connectivity index (χ4v) is 4.20. The molecule has 1 aliphatic carbocycles. The van der Waals surface area contributed by atoms with Gasteiger partial charge >= 0.3 is 0 Å². The van der Waals surface area contributed by atoms with Crippen LogP contribution in [0.4, 0.5) is 11.4 Å². The van der Waals surface area contributed by atoms with Crippen molar-refractivity contribution in [2.75, 3.05) is 17.7 Å². The van der Waals surface area contributed by atoms with E-state index in [9.17, 15) is 4.79 Å². The number of nitrogen functional groups attached to an aromatic ring is 1. The van der Waals surface area contributed by atoms with Gasteiger partial charge in [0.2, 0.25) is 0 Å². The Balaban J connectivity index is 1.54. The predicted molar refractivity (Wildman–Crippen MR) is 134 cm³/mol. The number of ether oxygens (including phenoxy) is 1. The van der Waals surface area contributed by atoms with Crippen LogP contribution < -0.4 is 28.1 Å². The minimum atomic E-state index is -0.497. The second-order valence-electron chi connectivity index (χ2n) is 8.43. The Morgan fingerprint density at radius 2 is 1.88 bits per heavy atom. The van der Waals surface area contributed by atoms with Crippen LogP contribution in [0.2, 0.25) is 5.02 Å². The number of anilines is 2. The quantitative estimate of drug-likeness (QED) is 0.215. The molecular formula is C25H30ClN5O2. The summed E-state index contributed by atoms with van der Waals surface area (Å²) in [6, 6.07) is 17.1. The molecule has 1 aliphatic rings. The van der Waals surface area contributed by atoms with E-state index in [1.807, 2.05) is 42.5 Å². The van der Waals surface area contributed by atoms with Crippen LogP contribution in [0.5, 0.6) is 0 Å². The summed E-state index contributed by atoms with van der Waals surface area (Å²) >= 11 is 6.69. The van der Waals surface area contributed by atoms with Crippen molar-refractivity contribution >= 4 is 23.0 Å². The highest BCUT2D eigenvalue weighted by molar-refractivity contribution is 6.33. The fourth-order valence-electron chi connectivity index (χ4n) is 3.88. The number of nitrogens with zero attached hydrogens (tertiary/aromatic N) is 1. The first-order chi connectivity index (χ1) is 15.9. The normalized spacial score (nSPS) is 13.8. The molecule has 4 rings (SSSR count). The number of benzene rings is 2. The number of nitrogens with one attached hydrogen (secondary N) is 1. The lowest BCUT2D eigenvalue weighted by molar-refractivity contribution is 0.113. The summed E-state index contributed by atoms with van der Waals surface area (Å²) in [6.45, 7) is 1.11. The van der Waals surface area contributed by atoms with Gasteiger partial charge in [-0.05, 0) is 48.6 Å². The van der Waals surface area contributed by atoms with E-state index >= 15 is 0 Å². The number of pyridine rings is 1. The van der Waals surface area contributed by atoms with Crippen LogP contribution in [0.25, 0.3) is 11.3 Å². The van der Waals surface area contributed by atoms with Crippen LogP contribution in [-0.2, 0) is 17.9 Å². The smallest absolute Gasteiger partial charge is 0.274 e. The Morgan fingerprint density at radius 1 is 1.12 bits per heavy atom. The van der Waals surface area contributed by atoms with Gasteiger partial charge in [0.1, 0.15) is 5.69 Å². The van der Waals surface area contributed by atoms with Crippen LogP contribution in [0.15, 0.2) is 59.4 Å². The van der Waals surface area contributed by atoms with Crippen LogP contribution in [0.1, 0.15) is 36.6 Å². The van der Waals surface area contributed by atoms with E-state index in [-0.39, 0.29) is 5.56 Å².